The van der Waals surface area contributed by atoms with Gasteiger partial charge in [-0.25, -0.2) is 13.4 Å². The number of aryl methyl sites for hydroxylation is 1. The Morgan fingerprint density at radius 3 is 3.00 bits per heavy atom. The van der Waals surface area contributed by atoms with Crippen molar-refractivity contribution in [1.82, 2.24) is 4.98 Å². The summed E-state index contributed by atoms with van der Waals surface area (Å²) in [5, 5.41) is 0. The highest BCUT2D eigenvalue weighted by Gasteiger charge is 2.27. The van der Waals surface area contributed by atoms with Gasteiger partial charge in [-0.05, 0) is 42.9 Å². The summed E-state index contributed by atoms with van der Waals surface area (Å²) in [6.07, 6.45) is 2.59. The predicted molar refractivity (Wildman–Crippen MR) is 79.8 cm³/mol. The summed E-state index contributed by atoms with van der Waals surface area (Å²) < 4.78 is 33.5. The van der Waals surface area contributed by atoms with E-state index >= 15 is 0 Å². The Kier molecular flexibility index (Phi) is 3.99. The Balaban J connectivity index is 1.67. The van der Waals surface area contributed by atoms with E-state index < -0.39 is 9.84 Å². The maximum absolute atomic E-state index is 11.5. The van der Waals surface area contributed by atoms with Crippen LogP contribution < -0.4 is 0 Å². The van der Waals surface area contributed by atoms with Crippen LogP contribution in [0.5, 0.6) is 0 Å². The molecule has 0 spiro atoms. The van der Waals surface area contributed by atoms with Gasteiger partial charge in [0.05, 0.1) is 11.5 Å². The molecule has 0 radical (unpaired) electrons. The van der Waals surface area contributed by atoms with E-state index in [4.69, 9.17) is 9.15 Å². The van der Waals surface area contributed by atoms with Crippen molar-refractivity contribution in [2.24, 2.45) is 5.92 Å². The van der Waals surface area contributed by atoms with Crippen LogP contribution in [0.4, 0.5) is 0 Å². The summed E-state index contributed by atoms with van der Waals surface area (Å²) in [7, 11) is -1.17. The highest BCUT2D eigenvalue weighted by Crippen LogP contribution is 2.24. The second-order valence-corrected chi connectivity index (χ2v) is 7.88. The molecule has 5 nitrogen and oxygen atoms in total. The number of hydrogen-bond acceptors (Lipinski definition) is 5. The fraction of sp³-hybridized carbons (Fsp3) is 0.533. The van der Waals surface area contributed by atoms with Gasteiger partial charge in [0.1, 0.15) is 12.1 Å². The lowest BCUT2D eigenvalue weighted by molar-refractivity contribution is 0.161. The van der Waals surface area contributed by atoms with Crippen LogP contribution in [0, 0.1) is 5.92 Å². The maximum Gasteiger partial charge on any atom is 0.221 e. The number of rotatable bonds is 5. The third-order valence-electron chi connectivity index (χ3n) is 3.93. The van der Waals surface area contributed by atoms with Gasteiger partial charge in [0.25, 0.3) is 0 Å². The molecule has 6 heteroatoms. The number of nitrogens with zero attached hydrogens (tertiary/aromatic N) is 1. The molecule has 0 amide bonds. The van der Waals surface area contributed by atoms with Crippen LogP contribution in [0.3, 0.4) is 0 Å². The molecule has 1 atom stereocenters. The molecule has 2 aromatic rings. The molecule has 1 unspecified atom stereocenters. The van der Waals surface area contributed by atoms with E-state index in [1.165, 1.54) is 5.56 Å². The summed E-state index contributed by atoms with van der Waals surface area (Å²) in [6, 6.07) is 5.96. The number of aromatic nitrogens is 1. The average Bonchev–Trinajstić information content (AvgIpc) is 2.98. The highest BCUT2D eigenvalue weighted by atomic mass is 32.2. The van der Waals surface area contributed by atoms with Gasteiger partial charge in [0, 0.05) is 7.11 Å². The monoisotopic (exact) mass is 309 g/mol. The molecule has 2 heterocycles. The molecule has 0 bridgehead atoms. The van der Waals surface area contributed by atoms with Gasteiger partial charge in [-0.3, -0.25) is 0 Å². The van der Waals surface area contributed by atoms with Crippen LogP contribution in [-0.4, -0.2) is 32.0 Å². The quantitative estimate of drug-likeness (QED) is 0.848. The number of benzene rings is 1. The number of sulfone groups is 1. The van der Waals surface area contributed by atoms with Crippen molar-refractivity contribution in [3.05, 3.63) is 29.7 Å². The maximum atomic E-state index is 11.5. The Labute approximate surface area is 124 Å². The van der Waals surface area contributed by atoms with E-state index in [9.17, 15) is 8.42 Å². The van der Waals surface area contributed by atoms with E-state index in [1.807, 2.05) is 18.2 Å². The van der Waals surface area contributed by atoms with Crippen LogP contribution in [0.15, 0.2) is 22.6 Å². The standard InChI is InChI=1S/C15H19NO4S/c1-19-9-15-16-13-8-11(4-5-14(13)20-15)2-3-12-6-7-21(17,18)10-12/h4-5,8,12H,2-3,6-7,9-10H2,1H3. The molecular formula is C15H19NO4S. The number of fused-ring (bicyclic) bond motifs is 1. The van der Waals surface area contributed by atoms with E-state index in [0.29, 0.717) is 29.9 Å². The molecule has 21 heavy (non-hydrogen) atoms. The van der Waals surface area contributed by atoms with Gasteiger partial charge in [0.15, 0.2) is 15.4 Å². The molecule has 3 rings (SSSR count). The Hall–Kier alpha value is -1.40. The molecule has 0 N–H and O–H groups in total. The lowest BCUT2D eigenvalue weighted by Crippen LogP contribution is -2.05. The molecule has 0 aliphatic carbocycles. The number of methoxy groups -OCH3 is 1. The number of hydrogen-bond donors (Lipinski definition) is 0. The second-order valence-electron chi connectivity index (χ2n) is 5.65. The zero-order valence-corrected chi connectivity index (χ0v) is 12.9. The Morgan fingerprint density at radius 1 is 1.43 bits per heavy atom. The van der Waals surface area contributed by atoms with Crippen molar-refractivity contribution in [2.75, 3.05) is 18.6 Å². The lowest BCUT2D eigenvalue weighted by Gasteiger charge is -2.06. The van der Waals surface area contributed by atoms with Crippen LogP contribution in [-0.2, 0) is 27.6 Å². The minimum atomic E-state index is -2.78. The average molecular weight is 309 g/mol. The minimum absolute atomic E-state index is 0.298. The minimum Gasteiger partial charge on any atom is -0.438 e. The first-order valence-corrected chi connectivity index (χ1v) is 8.95. The first kappa shape index (κ1) is 14.5. The summed E-state index contributed by atoms with van der Waals surface area (Å²) in [5.41, 5.74) is 2.76. The van der Waals surface area contributed by atoms with Crippen molar-refractivity contribution in [3.8, 4) is 0 Å². The molecule has 1 aliphatic heterocycles. The SMILES string of the molecule is COCc1nc2cc(CCC3CCS(=O)(=O)C3)ccc2o1. The fourth-order valence-electron chi connectivity index (χ4n) is 2.83. The molecule has 1 aromatic heterocycles. The largest absolute Gasteiger partial charge is 0.438 e. The van der Waals surface area contributed by atoms with Crippen LogP contribution in [0.25, 0.3) is 11.1 Å². The zero-order chi connectivity index (χ0) is 14.9. The second kappa shape index (κ2) is 5.77. The zero-order valence-electron chi connectivity index (χ0n) is 12.0. The molecule has 1 fully saturated rings. The Morgan fingerprint density at radius 2 is 2.29 bits per heavy atom. The van der Waals surface area contributed by atoms with Gasteiger partial charge in [-0.15, -0.1) is 0 Å². The van der Waals surface area contributed by atoms with Gasteiger partial charge >= 0.3 is 0 Å². The summed E-state index contributed by atoms with van der Waals surface area (Å²) in [5.74, 6) is 1.57. The third kappa shape index (κ3) is 3.44. The molecule has 1 aliphatic rings. The molecule has 114 valence electrons. The van der Waals surface area contributed by atoms with E-state index in [1.54, 1.807) is 7.11 Å². The van der Waals surface area contributed by atoms with Crippen molar-refractivity contribution < 1.29 is 17.6 Å². The van der Waals surface area contributed by atoms with Crippen LogP contribution >= 0.6 is 0 Å². The molecule has 0 saturated carbocycles. The number of ether oxygens (including phenoxy) is 1. The fourth-order valence-corrected chi connectivity index (χ4v) is 4.74. The van der Waals surface area contributed by atoms with Crippen molar-refractivity contribution in [3.63, 3.8) is 0 Å². The van der Waals surface area contributed by atoms with Gasteiger partial charge in [-0.2, -0.15) is 0 Å². The summed E-state index contributed by atoms with van der Waals surface area (Å²) >= 11 is 0. The van der Waals surface area contributed by atoms with Crippen molar-refractivity contribution in [1.29, 1.82) is 0 Å². The van der Waals surface area contributed by atoms with Crippen molar-refractivity contribution >= 4 is 20.9 Å². The Bertz CT molecular complexity index is 735. The molecule has 1 aromatic carbocycles. The number of oxazole rings is 1. The first-order chi connectivity index (χ1) is 10.1. The molecular weight excluding hydrogens is 290 g/mol. The third-order valence-corrected chi connectivity index (χ3v) is 5.77. The first-order valence-electron chi connectivity index (χ1n) is 7.13. The normalized spacial score (nSPS) is 21.1. The van der Waals surface area contributed by atoms with Gasteiger partial charge < -0.3 is 9.15 Å². The summed E-state index contributed by atoms with van der Waals surface area (Å²) in [6.45, 7) is 0.365. The topological polar surface area (TPSA) is 69.4 Å². The van der Waals surface area contributed by atoms with Crippen LogP contribution in [0.2, 0.25) is 0 Å². The lowest BCUT2D eigenvalue weighted by atomic mass is 9.99. The van der Waals surface area contributed by atoms with E-state index in [0.717, 1.165) is 30.4 Å². The van der Waals surface area contributed by atoms with Crippen molar-refractivity contribution in [2.45, 2.75) is 25.9 Å². The van der Waals surface area contributed by atoms with E-state index in [-0.39, 0.29) is 0 Å². The van der Waals surface area contributed by atoms with Crippen LogP contribution in [0.1, 0.15) is 24.3 Å². The highest BCUT2D eigenvalue weighted by molar-refractivity contribution is 7.91. The summed E-state index contributed by atoms with van der Waals surface area (Å²) in [4.78, 5) is 4.38. The van der Waals surface area contributed by atoms with Gasteiger partial charge in [-0.1, -0.05) is 6.07 Å². The molecule has 1 saturated heterocycles. The smallest absolute Gasteiger partial charge is 0.221 e. The van der Waals surface area contributed by atoms with Gasteiger partial charge in [0.2, 0.25) is 5.89 Å². The van der Waals surface area contributed by atoms with E-state index in [2.05, 4.69) is 4.98 Å². The predicted octanol–water partition coefficient (Wildman–Crippen LogP) is 2.34.